The summed E-state index contributed by atoms with van der Waals surface area (Å²) < 4.78 is 12.1. The fourth-order valence-electron chi connectivity index (χ4n) is 7.12. The van der Waals surface area contributed by atoms with Crippen molar-refractivity contribution in [1.82, 2.24) is 0 Å². The van der Waals surface area contributed by atoms with Gasteiger partial charge in [-0.1, -0.05) is 118 Å². The quantitative estimate of drug-likeness (QED) is 0.306. The number of halogens is 3. The molecule has 4 aliphatic rings. The summed E-state index contributed by atoms with van der Waals surface area (Å²) in [6, 6.07) is 12.9. The Morgan fingerprint density at radius 2 is 1.44 bits per heavy atom. The van der Waals surface area contributed by atoms with Crippen molar-refractivity contribution in [1.29, 1.82) is 0 Å². The zero-order valence-electron chi connectivity index (χ0n) is 28.8. The smallest absolute Gasteiger partial charge is 0.0939 e. The summed E-state index contributed by atoms with van der Waals surface area (Å²) in [5.41, 5.74) is 6.49. The first-order chi connectivity index (χ1) is 21.3. The molecule has 2 aliphatic heterocycles. The first kappa shape index (κ1) is 36.8. The van der Waals surface area contributed by atoms with E-state index in [-0.39, 0.29) is 5.41 Å². The van der Waals surface area contributed by atoms with Crippen molar-refractivity contribution < 1.29 is 9.47 Å². The Hall–Kier alpha value is -1.00. The molecule has 6 rings (SSSR count). The number of rotatable bonds is 5. The van der Waals surface area contributed by atoms with Crippen molar-refractivity contribution in [3.63, 3.8) is 0 Å². The molecule has 2 saturated carbocycles. The predicted octanol–water partition coefficient (Wildman–Crippen LogP) is 12.9. The van der Waals surface area contributed by atoms with E-state index in [4.69, 9.17) is 32.7 Å². The summed E-state index contributed by atoms with van der Waals surface area (Å²) in [6.45, 7) is 16.4. The largest absolute Gasteiger partial charge is 0.501 e. The summed E-state index contributed by atoms with van der Waals surface area (Å²) in [5, 5.41) is 1.82. The van der Waals surface area contributed by atoms with Crippen LogP contribution in [0.15, 0.2) is 52.7 Å². The van der Waals surface area contributed by atoms with Gasteiger partial charge in [0, 0.05) is 25.9 Å². The molecular weight excluding hydrogens is 663 g/mol. The average molecular weight is 721 g/mol. The molecule has 2 nitrogen and oxygen atoms in total. The van der Waals surface area contributed by atoms with Crippen LogP contribution in [-0.2, 0) is 27.7 Å². The number of fused-ring (bicyclic) bond motifs is 2. The Morgan fingerprint density at radius 3 is 2.07 bits per heavy atom. The number of aryl methyl sites for hydroxylation is 2. The molecule has 3 fully saturated rings. The van der Waals surface area contributed by atoms with Crippen molar-refractivity contribution in [3.8, 4) is 0 Å². The monoisotopic (exact) mass is 718 g/mol. The minimum atomic E-state index is 0.241. The van der Waals surface area contributed by atoms with Gasteiger partial charge in [-0.2, -0.15) is 0 Å². The summed E-state index contributed by atoms with van der Waals surface area (Å²) >= 11 is 16.2. The van der Waals surface area contributed by atoms with Crippen LogP contribution >= 0.6 is 39.1 Å². The van der Waals surface area contributed by atoms with Gasteiger partial charge in [0.2, 0.25) is 0 Å². The number of hydrogen-bond donors (Lipinski definition) is 0. The van der Waals surface area contributed by atoms with E-state index in [9.17, 15) is 0 Å². The van der Waals surface area contributed by atoms with Crippen molar-refractivity contribution in [3.05, 3.63) is 79.4 Å². The van der Waals surface area contributed by atoms with Gasteiger partial charge < -0.3 is 9.47 Å². The SMILES string of the molecule is C1=C2CCCCC2CO1.CC(C)(C)CCc1ccc(Br)cc1Cl.CC(C)(C)CCc1ccc(C23CCCCC2COC3)cc1Cl. The Bertz CT molecular complexity index is 1270. The molecule has 0 N–H and O–H groups in total. The van der Waals surface area contributed by atoms with Crippen LogP contribution in [0.1, 0.15) is 122 Å². The van der Waals surface area contributed by atoms with Crippen LogP contribution < -0.4 is 0 Å². The fourth-order valence-corrected chi connectivity index (χ4v) is 8.16. The van der Waals surface area contributed by atoms with Gasteiger partial charge >= 0.3 is 0 Å². The van der Waals surface area contributed by atoms with Crippen LogP contribution in [0, 0.1) is 22.7 Å². The molecule has 5 heteroatoms. The van der Waals surface area contributed by atoms with Crippen LogP contribution in [0.2, 0.25) is 10.0 Å². The lowest BCUT2D eigenvalue weighted by Crippen LogP contribution is -2.37. The highest BCUT2D eigenvalue weighted by atomic mass is 79.9. The van der Waals surface area contributed by atoms with Crippen molar-refractivity contribution in [2.24, 2.45) is 22.7 Å². The Labute approximate surface area is 293 Å². The highest BCUT2D eigenvalue weighted by molar-refractivity contribution is 9.10. The number of ether oxygens (including phenoxy) is 2. The van der Waals surface area contributed by atoms with Crippen molar-refractivity contribution >= 4 is 39.1 Å². The average Bonchev–Trinajstić information content (AvgIpc) is 3.64. The molecule has 250 valence electrons. The van der Waals surface area contributed by atoms with Crippen LogP contribution in [-0.4, -0.2) is 19.8 Å². The molecule has 2 heterocycles. The van der Waals surface area contributed by atoms with E-state index in [1.165, 1.54) is 74.5 Å². The van der Waals surface area contributed by atoms with E-state index in [0.717, 1.165) is 59.5 Å². The predicted molar refractivity (Wildman–Crippen MR) is 197 cm³/mol. The standard InChI is InChI=1S/C20H29ClO.C12H16BrCl.C8H12O/c1-19(2,3)11-9-15-7-8-16(12-18(15)21)20-10-5-4-6-17(20)13-22-14-20;1-12(2,3)7-6-9-4-5-10(13)8-11(9)14;1-2-4-8-6-9-5-7(8)3-1/h7-8,12,17H,4-6,9-11,13-14H2,1-3H3;4-5,8H,6-7H2,1-3H3;5,8H,1-4,6H2. The van der Waals surface area contributed by atoms with Gasteiger partial charge in [0.25, 0.3) is 0 Å². The summed E-state index contributed by atoms with van der Waals surface area (Å²) in [4.78, 5) is 0. The van der Waals surface area contributed by atoms with Crippen molar-refractivity contribution in [2.75, 3.05) is 19.8 Å². The summed E-state index contributed by atoms with van der Waals surface area (Å²) in [6.07, 6.45) is 17.1. The van der Waals surface area contributed by atoms with Crippen LogP contribution in [0.3, 0.4) is 0 Å². The first-order valence-electron chi connectivity index (χ1n) is 17.4. The molecule has 2 aromatic rings. The molecule has 2 aliphatic carbocycles. The maximum Gasteiger partial charge on any atom is 0.0939 e. The topological polar surface area (TPSA) is 18.5 Å². The van der Waals surface area contributed by atoms with E-state index in [0.29, 0.717) is 16.7 Å². The first-order valence-corrected chi connectivity index (χ1v) is 18.9. The zero-order valence-corrected chi connectivity index (χ0v) is 31.9. The van der Waals surface area contributed by atoms with Gasteiger partial charge in [-0.3, -0.25) is 0 Å². The maximum absolute atomic E-state index is 6.62. The molecule has 3 unspecified atom stereocenters. The van der Waals surface area contributed by atoms with E-state index >= 15 is 0 Å². The number of benzene rings is 2. The lowest BCUT2D eigenvalue weighted by Gasteiger charge is -2.38. The van der Waals surface area contributed by atoms with E-state index < -0.39 is 0 Å². The second-order valence-electron chi connectivity index (χ2n) is 16.2. The highest BCUT2D eigenvalue weighted by Crippen LogP contribution is 2.48. The highest BCUT2D eigenvalue weighted by Gasteiger charge is 2.46. The molecule has 0 aromatic heterocycles. The van der Waals surface area contributed by atoms with E-state index in [1.807, 2.05) is 18.4 Å². The van der Waals surface area contributed by atoms with Crippen LogP contribution in [0.25, 0.3) is 0 Å². The second kappa shape index (κ2) is 16.4. The normalized spacial score (nSPS) is 24.2. The number of hydrogen-bond acceptors (Lipinski definition) is 2. The molecule has 0 amide bonds. The molecule has 45 heavy (non-hydrogen) atoms. The molecule has 0 radical (unpaired) electrons. The van der Waals surface area contributed by atoms with Gasteiger partial charge in [-0.05, 0) is 115 Å². The molecule has 2 aromatic carbocycles. The van der Waals surface area contributed by atoms with E-state index in [1.54, 1.807) is 5.57 Å². The van der Waals surface area contributed by atoms with Crippen LogP contribution in [0.4, 0.5) is 0 Å². The lowest BCUT2D eigenvalue weighted by atomic mass is 9.64. The second-order valence-corrected chi connectivity index (χ2v) is 18.0. The van der Waals surface area contributed by atoms with Gasteiger partial charge in [-0.25, -0.2) is 0 Å². The maximum atomic E-state index is 6.62. The third kappa shape index (κ3) is 11.0. The van der Waals surface area contributed by atoms with Gasteiger partial charge in [-0.15, -0.1) is 0 Å². The van der Waals surface area contributed by atoms with Gasteiger partial charge in [0.15, 0.2) is 0 Å². The summed E-state index contributed by atoms with van der Waals surface area (Å²) in [7, 11) is 0. The zero-order chi connectivity index (χ0) is 32.7. The third-order valence-corrected chi connectivity index (χ3v) is 11.3. The molecular formula is C40H57BrCl2O2. The Balaban J connectivity index is 0.000000170. The Morgan fingerprint density at radius 1 is 0.800 bits per heavy atom. The lowest BCUT2D eigenvalue weighted by molar-refractivity contribution is 0.174. The van der Waals surface area contributed by atoms with Gasteiger partial charge in [0.05, 0.1) is 26.1 Å². The molecule has 3 atom stereocenters. The summed E-state index contributed by atoms with van der Waals surface area (Å²) in [5.74, 6) is 1.50. The van der Waals surface area contributed by atoms with Crippen LogP contribution in [0.5, 0.6) is 0 Å². The third-order valence-electron chi connectivity index (χ3n) is 10.1. The molecule has 0 bridgehead atoms. The van der Waals surface area contributed by atoms with E-state index in [2.05, 4.69) is 81.7 Å². The Kier molecular flexibility index (Phi) is 13.4. The fraction of sp³-hybridized carbons (Fsp3) is 0.650. The van der Waals surface area contributed by atoms with Gasteiger partial charge in [0.1, 0.15) is 0 Å². The minimum absolute atomic E-state index is 0.241. The molecule has 1 saturated heterocycles. The van der Waals surface area contributed by atoms with Crippen molar-refractivity contribution in [2.45, 2.75) is 124 Å². The molecule has 0 spiro atoms. The minimum Gasteiger partial charge on any atom is -0.501 e.